The van der Waals surface area contributed by atoms with Gasteiger partial charge in [0.05, 0.1) is 10.6 Å². The topological polar surface area (TPSA) is 45.7 Å². The number of anilines is 2. The van der Waals surface area contributed by atoms with Crippen LogP contribution in [-0.2, 0) is 10.3 Å². The quantitative estimate of drug-likeness (QED) is 0.503. The van der Waals surface area contributed by atoms with Crippen molar-refractivity contribution in [1.29, 1.82) is 0 Å². The number of rotatable bonds is 6. The fourth-order valence-corrected chi connectivity index (χ4v) is 4.55. The van der Waals surface area contributed by atoms with Crippen LogP contribution in [0.4, 0.5) is 11.4 Å². The van der Waals surface area contributed by atoms with Crippen molar-refractivity contribution in [3.8, 4) is 0 Å². The Morgan fingerprint density at radius 2 is 1.65 bits per heavy atom. The number of carbonyl (C=O) groups excluding carboxylic acids is 1. The second kappa shape index (κ2) is 8.23. The van der Waals surface area contributed by atoms with Crippen LogP contribution in [0.25, 0.3) is 0 Å². The Morgan fingerprint density at radius 1 is 0.968 bits per heavy atom. The third-order valence-corrected chi connectivity index (χ3v) is 6.23. The SMILES string of the molecule is CCN(CC)c1ccc(C2(c3ccc(N(C)C)cc3Cl)OC(=O)c3cnccc32)cc1. The van der Waals surface area contributed by atoms with Crippen molar-refractivity contribution >= 4 is 28.9 Å². The molecule has 0 radical (unpaired) electrons. The number of fused-ring (bicyclic) bond motifs is 1. The molecule has 2 aromatic carbocycles. The van der Waals surface area contributed by atoms with Crippen LogP contribution in [0.5, 0.6) is 0 Å². The highest BCUT2D eigenvalue weighted by molar-refractivity contribution is 6.32. The zero-order valence-corrected chi connectivity index (χ0v) is 19.0. The number of esters is 1. The number of cyclic esters (lactones) is 1. The molecule has 4 rings (SSSR count). The molecule has 0 amide bonds. The first-order chi connectivity index (χ1) is 14.9. The maximum Gasteiger partial charge on any atom is 0.341 e. The molecule has 1 unspecified atom stereocenters. The van der Waals surface area contributed by atoms with Crippen LogP contribution in [0.2, 0.25) is 5.02 Å². The van der Waals surface area contributed by atoms with Gasteiger partial charge in [-0.15, -0.1) is 0 Å². The van der Waals surface area contributed by atoms with E-state index in [4.69, 9.17) is 16.3 Å². The third-order valence-electron chi connectivity index (χ3n) is 5.92. The van der Waals surface area contributed by atoms with Gasteiger partial charge in [-0.05, 0) is 44.2 Å². The molecule has 5 nitrogen and oxygen atoms in total. The molecular formula is C25H26ClN3O2. The molecule has 1 aromatic heterocycles. The molecule has 0 spiro atoms. The minimum atomic E-state index is -1.13. The molecule has 31 heavy (non-hydrogen) atoms. The van der Waals surface area contributed by atoms with Crippen molar-refractivity contribution in [2.45, 2.75) is 19.4 Å². The van der Waals surface area contributed by atoms with Gasteiger partial charge in [0.1, 0.15) is 0 Å². The number of ether oxygens (including phenoxy) is 1. The number of benzene rings is 2. The summed E-state index contributed by atoms with van der Waals surface area (Å²) >= 11 is 6.79. The Hall–Kier alpha value is -3.05. The van der Waals surface area contributed by atoms with E-state index in [9.17, 15) is 4.79 Å². The van der Waals surface area contributed by atoms with Gasteiger partial charge in [-0.2, -0.15) is 0 Å². The summed E-state index contributed by atoms with van der Waals surface area (Å²) in [5.41, 5.74) is 3.76. The fraction of sp³-hybridized carbons (Fsp3) is 0.280. The lowest BCUT2D eigenvalue weighted by atomic mass is 9.80. The average Bonchev–Trinajstić information content (AvgIpc) is 3.08. The van der Waals surface area contributed by atoms with E-state index < -0.39 is 11.6 Å². The Balaban J connectivity index is 1.94. The predicted octanol–water partition coefficient (Wildman–Crippen LogP) is 5.11. The van der Waals surface area contributed by atoms with Crippen molar-refractivity contribution in [2.24, 2.45) is 0 Å². The van der Waals surface area contributed by atoms with Gasteiger partial charge in [0, 0.05) is 67.6 Å². The second-order valence-corrected chi connectivity index (χ2v) is 8.18. The molecule has 0 bridgehead atoms. The predicted molar refractivity (Wildman–Crippen MR) is 125 cm³/mol. The Labute approximate surface area is 188 Å². The Kier molecular flexibility index (Phi) is 5.63. The van der Waals surface area contributed by atoms with Gasteiger partial charge in [0.15, 0.2) is 5.60 Å². The first-order valence-electron chi connectivity index (χ1n) is 10.4. The third kappa shape index (κ3) is 3.43. The van der Waals surface area contributed by atoms with Crippen molar-refractivity contribution in [1.82, 2.24) is 4.98 Å². The van der Waals surface area contributed by atoms with Gasteiger partial charge >= 0.3 is 5.97 Å². The zero-order valence-electron chi connectivity index (χ0n) is 18.2. The zero-order chi connectivity index (χ0) is 22.2. The molecule has 0 saturated heterocycles. The van der Waals surface area contributed by atoms with Crippen molar-refractivity contribution in [3.05, 3.63) is 88.2 Å². The van der Waals surface area contributed by atoms with Gasteiger partial charge < -0.3 is 14.5 Å². The average molecular weight is 436 g/mol. The second-order valence-electron chi connectivity index (χ2n) is 7.77. The van der Waals surface area contributed by atoms with E-state index in [2.05, 4.69) is 35.9 Å². The summed E-state index contributed by atoms with van der Waals surface area (Å²) in [6.45, 7) is 6.10. The summed E-state index contributed by atoms with van der Waals surface area (Å²) in [5, 5.41) is 0.538. The summed E-state index contributed by atoms with van der Waals surface area (Å²) in [4.78, 5) is 21.2. The maximum atomic E-state index is 12.9. The van der Waals surface area contributed by atoms with E-state index in [-0.39, 0.29) is 0 Å². The van der Waals surface area contributed by atoms with Crippen LogP contribution >= 0.6 is 11.6 Å². The molecule has 0 N–H and O–H groups in total. The van der Waals surface area contributed by atoms with Crippen molar-refractivity contribution < 1.29 is 9.53 Å². The first kappa shape index (κ1) is 21.2. The van der Waals surface area contributed by atoms with E-state index in [0.29, 0.717) is 10.6 Å². The van der Waals surface area contributed by atoms with Gasteiger partial charge in [-0.25, -0.2) is 4.79 Å². The van der Waals surface area contributed by atoms with Gasteiger partial charge in [-0.3, -0.25) is 4.98 Å². The number of hydrogen-bond donors (Lipinski definition) is 0. The highest BCUT2D eigenvalue weighted by Gasteiger charge is 2.49. The number of hydrogen-bond acceptors (Lipinski definition) is 5. The summed E-state index contributed by atoms with van der Waals surface area (Å²) in [6, 6.07) is 15.8. The molecule has 0 fully saturated rings. The normalized spacial score (nSPS) is 17.3. The highest BCUT2D eigenvalue weighted by atomic mass is 35.5. The molecule has 160 valence electrons. The number of nitrogens with zero attached hydrogens (tertiary/aromatic N) is 3. The molecule has 1 aliphatic heterocycles. The number of aromatic nitrogens is 1. The highest BCUT2D eigenvalue weighted by Crippen LogP contribution is 2.49. The molecule has 0 aliphatic carbocycles. The lowest BCUT2D eigenvalue weighted by Gasteiger charge is -2.32. The van der Waals surface area contributed by atoms with Gasteiger partial charge in [0.2, 0.25) is 0 Å². The van der Waals surface area contributed by atoms with Gasteiger partial charge in [0.25, 0.3) is 0 Å². The molecule has 1 aliphatic rings. The Bertz CT molecular complexity index is 1110. The monoisotopic (exact) mass is 435 g/mol. The van der Waals surface area contributed by atoms with E-state index in [0.717, 1.165) is 41.2 Å². The van der Waals surface area contributed by atoms with Gasteiger partial charge in [-0.1, -0.05) is 29.8 Å². The minimum Gasteiger partial charge on any atom is -0.440 e. The standard InChI is InChI=1S/C25H26ClN3O2/c1-5-29(6-2)18-9-7-17(8-10-18)25(21-13-14-27-16-20(21)24(30)31-25)22-12-11-19(28(3)4)15-23(22)26/h7-16H,5-6H2,1-4H3. The summed E-state index contributed by atoms with van der Waals surface area (Å²) < 4.78 is 6.14. The van der Waals surface area contributed by atoms with Crippen LogP contribution < -0.4 is 9.80 Å². The summed E-state index contributed by atoms with van der Waals surface area (Å²) in [5.74, 6) is -0.399. The number of pyridine rings is 1. The lowest BCUT2D eigenvalue weighted by molar-refractivity contribution is 0.0252. The van der Waals surface area contributed by atoms with E-state index in [1.807, 2.05) is 55.4 Å². The lowest BCUT2D eigenvalue weighted by Crippen LogP contribution is -2.30. The Morgan fingerprint density at radius 3 is 2.26 bits per heavy atom. The van der Waals surface area contributed by atoms with E-state index in [1.165, 1.54) is 0 Å². The van der Waals surface area contributed by atoms with Crippen LogP contribution in [0.15, 0.2) is 60.9 Å². The molecule has 6 heteroatoms. The summed E-state index contributed by atoms with van der Waals surface area (Å²) in [7, 11) is 3.92. The molecule has 1 atom stereocenters. The molecule has 2 heterocycles. The molecule has 3 aromatic rings. The minimum absolute atomic E-state index is 0.399. The fourth-order valence-electron chi connectivity index (χ4n) is 4.25. The maximum absolute atomic E-state index is 12.9. The van der Waals surface area contributed by atoms with Crippen LogP contribution in [0.3, 0.4) is 0 Å². The summed E-state index contributed by atoms with van der Waals surface area (Å²) in [6.07, 6.45) is 3.24. The molecular weight excluding hydrogens is 410 g/mol. The first-order valence-corrected chi connectivity index (χ1v) is 10.8. The van der Waals surface area contributed by atoms with Crippen molar-refractivity contribution in [2.75, 3.05) is 37.0 Å². The number of carbonyl (C=O) groups is 1. The van der Waals surface area contributed by atoms with Crippen LogP contribution in [0.1, 0.15) is 40.9 Å². The van der Waals surface area contributed by atoms with Crippen LogP contribution in [0, 0.1) is 0 Å². The van der Waals surface area contributed by atoms with Crippen LogP contribution in [-0.4, -0.2) is 38.1 Å². The van der Waals surface area contributed by atoms with E-state index >= 15 is 0 Å². The molecule has 0 saturated carbocycles. The van der Waals surface area contributed by atoms with Crippen molar-refractivity contribution in [3.63, 3.8) is 0 Å². The smallest absolute Gasteiger partial charge is 0.341 e. The van der Waals surface area contributed by atoms with E-state index in [1.54, 1.807) is 12.4 Å². The number of halogens is 1. The largest absolute Gasteiger partial charge is 0.440 e.